The van der Waals surface area contributed by atoms with E-state index in [9.17, 15) is 8.42 Å². The molecule has 0 aliphatic carbocycles. The van der Waals surface area contributed by atoms with Crippen molar-refractivity contribution in [3.8, 4) is 0 Å². The van der Waals surface area contributed by atoms with Crippen LogP contribution in [0.4, 0.5) is 5.82 Å². The van der Waals surface area contributed by atoms with Crippen molar-refractivity contribution in [3.05, 3.63) is 17.3 Å². The number of sulfonamides is 1. The molecule has 7 nitrogen and oxygen atoms in total. The second-order valence-corrected chi connectivity index (χ2v) is 7.01. The van der Waals surface area contributed by atoms with Crippen molar-refractivity contribution in [1.29, 1.82) is 0 Å². The first-order valence-corrected chi connectivity index (χ1v) is 7.93. The van der Waals surface area contributed by atoms with Gasteiger partial charge in [0, 0.05) is 18.8 Å². The van der Waals surface area contributed by atoms with Crippen LogP contribution >= 0.6 is 11.6 Å². The zero-order valence-electron chi connectivity index (χ0n) is 11.2. The van der Waals surface area contributed by atoms with Gasteiger partial charge in [-0.1, -0.05) is 11.6 Å². The summed E-state index contributed by atoms with van der Waals surface area (Å²) < 4.78 is 32.1. The zero-order chi connectivity index (χ0) is 14.9. The molecule has 2 rings (SSSR count). The number of nitrogens with two attached hydrogens (primary N) is 1. The van der Waals surface area contributed by atoms with Crippen molar-refractivity contribution in [3.63, 3.8) is 0 Å². The van der Waals surface area contributed by atoms with Crippen LogP contribution in [0.3, 0.4) is 0 Å². The Morgan fingerprint density at radius 2 is 2.25 bits per heavy atom. The maximum Gasteiger partial charge on any atom is 0.245 e. The van der Waals surface area contributed by atoms with Crippen LogP contribution in [0.25, 0.3) is 0 Å². The summed E-state index contributed by atoms with van der Waals surface area (Å²) in [4.78, 5) is 3.94. The van der Waals surface area contributed by atoms with Gasteiger partial charge in [-0.15, -0.1) is 0 Å². The Morgan fingerprint density at radius 1 is 1.55 bits per heavy atom. The third kappa shape index (κ3) is 2.89. The number of nitrogens with one attached hydrogen (secondary N) is 1. The van der Waals surface area contributed by atoms with E-state index in [1.807, 2.05) is 6.92 Å². The average Bonchev–Trinajstić information content (AvgIpc) is 2.41. The fraction of sp³-hybridized carbons (Fsp3) is 0.545. The summed E-state index contributed by atoms with van der Waals surface area (Å²) >= 11 is 5.93. The van der Waals surface area contributed by atoms with Crippen LogP contribution in [-0.2, 0) is 14.8 Å². The van der Waals surface area contributed by atoms with Gasteiger partial charge in [-0.2, -0.15) is 4.31 Å². The lowest BCUT2D eigenvalue weighted by Crippen LogP contribution is -2.50. The molecule has 112 valence electrons. The van der Waals surface area contributed by atoms with Crippen molar-refractivity contribution in [2.45, 2.75) is 30.9 Å². The molecule has 0 bridgehead atoms. The summed E-state index contributed by atoms with van der Waals surface area (Å²) in [5.41, 5.74) is 2.30. The fourth-order valence-corrected chi connectivity index (χ4v) is 3.96. The molecule has 0 saturated carbocycles. The quantitative estimate of drug-likeness (QED) is 0.632. The van der Waals surface area contributed by atoms with Gasteiger partial charge in [-0.3, -0.25) is 0 Å². The lowest BCUT2D eigenvalue weighted by atomic mass is 10.2. The van der Waals surface area contributed by atoms with Crippen LogP contribution < -0.4 is 11.3 Å². The van der Waals surface area contributed by atoms with Gasteiger partial charge in [0.2, 0.25) is 10.0 Å². The van der Waals surface area contributed by atoms with Crippen LogP contribution in [0, 0.1) is 0 Å². The molecule has 1 aromatic heterocycles. The summed E-state index contributed by atoms with van der Waals surface area (Å²) in [6, 6.07) is 1.11. The van der Waals surface area contributed by atoms with Crippen molar-refractivity contribution in [1.82, 2.24) is 9.29 Å². The Hall–Kier alpha value is -0.930. The summed E-state index contributed by atoms with van der Waals surface area (Å²) in [6.07, 6.45) is 1.10. The van der Waals surface area contributed by atoms with E-state index in [0.717, 1.165) is 0 Å². The van der Waals surface area contributed by atoms with Crippen molar-refractivity contribution in [2.24, 2.45) is 5.84 Å². The number of halogens is 1. The first kappa shape index (κ1) is 15.5. The van der Waals surface area contributed by atoms with Crippen LogP contribution in [0.1, 0.15) is 13.8 Å². The third-order valence-electron chi connectivity index (χ3n) is 3.11. The molecular weight excluding hydrogens is 304 g/mol. The van der Waals surface area contributed by atoms with Gasteiger partial charge in [-0.05, 0) is 19.9 Å². The van der Waals surface area contributed by atoms with Crippen molar-refractivity contribution < 1.29 is 13.2 Å². The van der Waals surface area contributed by atoms with Crippen molar-refractivity contribution >= 4 is 27.4 Å². The van der Waals surface area contributed by atoms with Crippen LogP contribution in [0.5, 0.6) is 0 Å². The van der Waals surface area contributed by atoms with Gasteiger partial charge in [0.1, 0.15) is 4.90 Å². The lowest BCUT2D eigenvalue weighted by molar-refractivity contribution is -0.0170. The summed E-state index contributed by atoms with van der Waals surface area (Å²) in [7, 11) is -3.65. The topological polar surface area (TPSA) is 97.6 Å². The highest BCUT2D eigenvalue weighted by atomic mass is 35.5. The first-order chi connectivity index (χ1) is 9.36. The van der Waals surface area contributed by atoms with Gasteiger partial charge in [0.05, 0.1) is 17.7 Å². The molecule has 1 aromatic rings. The predicted octanol–water partition coefficient (Wildman–Crippen LogP) is 0.819. The molecule has 0 spiro atoms. The van der Waals surface area contributed by atoms with Crippen molar-refractivity contribution in [2.75, 3.05) is 18.6 Å². The summed E-state index contributed by atoms with van der Waals surface area (Å²) in [6.45, 7) is 4.30. The predicted molar refractivity (Wildman–Crippen MR) is 75.8 cm³/mol. The third-order valence-corrected chi connectivity index (χ3v) is 5.34. The normalized spacial score (nSPS) is 24.6. The molecule has 0 amide bonds. The molecule has 2 atom stereocenters. The van der Waals surface area contributed by atoms with E-state index in [4.69, 9.17) is 22.2 Å². The highest BCUT2D eigenvalue weighted by Gasteiger charge is 2.34. The Kier molecular flexibility index (Phi) is 4.50. The minimum atomic E-state index is -3.65. The Morgan fingerprint density at radius 3 is 2.85 bits per heavy atom. The molecule has 2 unspecified atom stereocenters. The van der Waals surface area contributed by atoms with E-state index in [-0.39, 0.29) is 27.9 Å². The van der Waals surface area contributed by atoms with E-state index in [1.165, 1.54) is 16.6 Å². The minimum absolute atomic E-state index is 0.0439. The monoisotopic (exact) mass is 320 g/mol. The Balaban J connectivity index is 2.36. The van der Waals surface area contributed by atoms with Gasteiger partial charge in [0.15, 0.2) is 5.82 Å². The molecule has 1 fully saturated rings. The van der Waals surface area contributed by atoms with Crippen LogP contribution in [-0.4, -0.2) is 43.0 Å². The maximum atomic E-state index is 12.6. The van der Waals surface area contributed by atoms with Crippen LogP contribution in [0.15, 0.2) is 17.2 Å². The fourth-order valence-electron chi connectivity index (χ4n) is 2.01. The number of nitrogens with zero attached hydrogens (tertiary/aromatic N) is 2. The SMILES string of the molecule is CC1CN(S(=O)(=O)c2cnc(NN)c(Cl)c2)C(C)CO1. The number of hydrazine groups is 1. The van der Waals surface area contributed by atoms with E-state index < -0.39 is 10.0 Å². The molecule has 0 aromatic carbocycles. The summed E-state index contributed by atoms with van der Waals surface area (Å²) in [5, 5.41) is 0.155. The van der Waals surface area contributed by atoms with Gasteiger partial charge in [-0.25, -0.2) is 19.2 Å². The second kappa shape index (κ2) is 5.82. The highest BCUT2D eigenvalue weighted by Crippen LogP contribution is 2.26. The number of morpholine rings is 1. The molecule has 9 heteroatoms. The molecule has 1 aliphatic heterocycles. The van der Waals surface area contributed by atoms with Gasteiger partial charge >= 0.3 is 0 Å². The molecule has 1 saturated heterocycles. The Bertz CT molecular complexity index is 595. The number of nitrogen functional groups attached to an aromatic ring is 1. The standard InChI is InChI=1S/C11H17ClN4O3S/c1-7-6-19-8(2)5-16(7)20(17,18)9-3-10(12)11(15-13)14-4-9/h3-4,7-8H,5-6,13H2,1-2H3,(H,14,15). The van der Waals surface area contributed by atoms with Crippen LogP contribution in [0.2, 0.25) is 5.02 Å². The number of hydrogen-bond acceptors (Lipinski definition) is 6. The smallest absolute Gasteiger partial charge is 0.245 e. The molecule has 3 N–H and O–H groups in total. The number of anilines is 1. The van der Waals surface area contributed by atoms with Gasteiger partial charge in [0.25, 0.3) is 0 Å². The minimum Gasteiger partial charge on any atom is -0.375 e. The van der Waals surface area contributed by atoms with E-state index in [0.29, 0.717) is 13.2 Å². The number of hydrogen-bond donors (Lipinski definition) is 2. The van der Waals surface area contributed by atoms with E-state index in [1.54, 1.807) is 6.92 Å². The molecular formula is C11H17ClN4O3S. The average molecular weight is 321 g/mol. The van der Waals surface area contributed by atoms with E-state index in [2.05, 4.69) is 10.4 Å². The number of ether oxygens (including phenoxy) is 1. The second-order valence-electron chi connectivity index (χ2n) is 4.71. The number of pyridine rings is 1. The summed E-state index contributed by atoms with van der Waals surface area (Å²) in [5.74, 6) is 5.45. The molecule has 1 aliphatic rings. The Labute approximate surface area is 123 Å². The van der Waals surface area contributed by atoms with Gasteiger partial charge < -0.3 is 10.2 Å². The maximum absolute atomic E-state index is 12.6. The largest absolute Gasteiger partial charge is 0.375 e. The highest BCUT2D eigenvalue weighted by molar-refractivity contribution is 7.89. The molecule has 0 radical (unpaired) electrons. The zero-order valence-corrected chi connectivity index (χ0v) is 12.8. The molecule has 20 heavy (non-hydrogen) atoms. The number of aromatic nitrogens is 1. The first-order valence-electron chi connectivity index (χ1n) is 6.12. The lowest BCUT2D eigenvalue weighted by Gasteiger charge is -2.35. The van der Waals surface area contributed by atoms with E-state index >= 15 is 0 Å². The number of rotatable bonds is 3. The molecule has 2 heterocycles.